The van der Waals surface area contributed by atoms with Crippen molar-refractivity contribution in [1.29, 1.82) is 0 Å². The highest BCUT2D eigenvalue weighted by Crippen LogP contribution is 2.20. The lowest BCUT2D eigenvalue weighted by Crippen LogP contribution is -2.38. The lowest BCUT2D eigenvalue weighted by molar-refractivity contribution is 0.583. The molecule has 2 rings (SSSR count). The van der Waals surface area contributed by atoms with Crippen molar-refractivity contribution < 1.29 is 8.78 Å². The number of rotatable bonds is 8. The number of halogens is 3. The van der Waals surface area contributed by atoms with Crippen LogP contribution in [0.3, 0.4) is 0 Å². The van der Waals surface area contributed by atoms with Crippen LogP contribution in [0, 0.1) is 11.6 Å². The number of nitrogens with zero attached hydrogens (tertiary/aromatic N) is 2. The molecule has 138 valence electrons. The van der Waals surface area contributed by atoms with Crippen LogP contribution in [0.2, 0.25) is 0 Å². The molecule has 0 fully saturated rings. The number of nitrogens with one attached hydrogen (secondary N) is 2. The third-order valence-corrected chi connectivity index (χ3v) is 5.22. The van der Waals surface area contributed by atoms with Crippen molar-refractivity contribution in [2.75, 3.05) is 25.9 Å². The molecule has 0 spiro atoms. The van der Waals surface area contributed by atoms with Crippen LogP contribution in [-0.2, 0) is 6.42 Å². The summed E-state index contributed by atoms with van der Waals surface area (Å²) in [6.07, 6.45) is 3.17. The third-order valence-electron chi connectivity index (χ3n) is 3.17. The maximum absolute atomic E-state index is 13.5. The summed E-state index contributed by atoms with van der Waals surface area (Å²) in [4.78, 5) is 8.33. The highest BCUT2D eigenvalue weighted by molar-refractivity contribution is 14.0. The lowest BCUT2D eigenvalue weighted by atomic mass is 10.1. The summed E-state index contributed by atoms with van der Waals surface area (Å²) in [5.41, 5.74) is 0.359. The van der Waals surface area contributed by atoms with Crippen LogP contribution in [0.1, 0.15) is 12.0 Å². The van der Waals surface area contributed by atoms with Crippen molar-refractivity contribution in [3.8, 4) is 0 Å². The number of hydrogen-bond acceptors (Lipinski definition) is 4. The predicted octanol–water partition coefficient (Wildman–Crippen LogP) is 3.93. The van der Waals surface area contributed by atoms with E-state index in [1.54, 1.807) is 36.3 Å². The topological polar surface area (TPSA) is 49.3 Å². The normalized spacial score (nSPS) is 11.1. The van der Waals surface area contributed by atoms with Gasteiger partial charge in [-0.25, -0.2) is 13.8 Å². The molecule has 0 atom stereocenters. The van der Waals surface area contributed by atoms with Gasteiger partial charge in [0.1, 0.15) is 16.0 Å². The summed E-state index contributed by atoms with van der Waals surface area (Å²) in [7, 11) is 1.68. The Balaban J connectivity index is 0.00000312. The average Bonchev–Trinajstić information content (AvgIpc) is 3.09. The van der Waals surface area contributed by atoms with Gasteiger partial charge in [-0.2, -0.15) is 0 Å². The number of aliphatic imine (C=N–C) groups is 1. The van der Waals surface area contributed by atoms with E-state index in [2.05, 4.69) is 20.6 Å². The molecule has 0 bridgehead atoms. The van der Waals surface area contributed by atoms with E-state index in [1.165, 1.54) is 6.07 Å². The number of guanidine groups is 1. The first kappa shape index (κ1) is 22.1. The summed E-state index contributed by atoms with van der Waals surface area (Å²) in [6.45, 7) is 1.26. The molecule has 0 saturated carbocycles. The van der Waals surface area contributed by atoms with Gasteiger partial charge in [0.15, 0.2) is 5.96 Å². The minimum atomic E-state index is -0.424. The fourth-order valence-corrected chi connectivity index (χ4v) is 3.64. The Bertz CT molecular complexity index is 654. The molecule has 2 N–H and O–H groups in total. The van der Waals surface area contributed by atoms with Gasteiger partial charge in [0.25, 0.3) is 0 Å². The average molecular weight is 498 g/mol. The van der Waals surface area contributed by atoms with Crippen LogP contribution in [0.4, 0.5) is 8.78 Å². The quantitative estimate of drug-likeness (QED) is 0.191. The van der Waals surface area contributed by atoms with Gasteiger partial charge in [0.05, 0.1) is 0 Å². The Hall–Kier alpha value is -0.940. The van der Waals surface area contributed by atoms with E-state index in [0.29, 0.717) is 24.5 Å². The number of thioether (sulfide) groups is 1. The van der Waals surface area contributed by atoms with Gasteiger partial charge < -0.3 is 10.6 Å². The van der Waals surface area contributed by atoms with Gasteiger partial charge in [-0.15, -0.1) is 35.3 Å². The minimum Gasteiger partial charge on any atom is -0.356 e. The maximum Gasteiger partial charge on any atom is 0.190 e. The zero-order valence-electron chi connectivity index (χ0n) is 13.8. The van der Waals surface area contributed by atoms with Crippen LogP contribution in [0.5, 0.6) is 0 Å². The molecule has 0 aliphatic rings. The summed E-state index contributed by atoms with van der Waals surface area (Å²) in [5.74, 6) is 0.824. The minimum absolute atomic E-state index is 0. The van der Waals surface area contributed by atoms with E-state index < -0.39 is 5.82 Å². The lowest BCUT2D eigenvalue weighted by Gasteiger charge is -2.12. The van der Waals surface area contributed by atoms with Gasteiger partial charge in [0.2, 0.25) is 0 Å². The Kier molecular flexibility index (Phi) is 11.0. The Morgan fingerprint density at radius 1 is 1.28 bits per heavy atom. The zero-order chi connectivity index (χ0) is 17.2. The Morgan fingerprint density at radius 2 is 2.08 bits per heavy atom. The van der Waals surface area contributed by atoms with E-state index in [-0.39, 0.29) is 29.8 Å². The molecular formula is C16H21F2IN4S2. The fourth-order valence-electron chi connectivity index (χ4n) is 1.99. The molecule has 25 heavy (non-hydrogen) atoms. The van der Waals surface area contributed by atoms with Crippen LogP contribution >= 0.6 is 47.1 Å². The molecule has 0 amide bonds. The third kappa shape index (κ3) is 8.32. The van der Waals surface area contributed by atoms with Crippen molar-refractivity contribution in [3.63, 3.8) is 0 Å². The number of benzene rings is 1. The molecule has 2 aromatic rings. The molecule has 0 aliphatic carbocycles. The second-order valence-electron chi connectivity index (χ2n) is 4.91. The molecule has 0 radical (unpaired) electrons. The predicted molar refractivity (Wildman–Crippen MR) is 112 cm³/mol. The number of hydrogen-bond donors (Lipinski definition) is 2. The molecule has 0 unspecified atom stereocenters. The van der Waals surface area contributed by atoms with Crippen molar-refractivity contribution in [1.82, 2.24) is 15.6 Å². The molecule has 0 saturated heterocycles. The molecule has 9 heteroatoms. The summed E-state index contributed by atoms with van der Waals surface area (Å²) in [6, 6.07) is 3.50. The molecule has 1 heterocycles. The molecule has 4 nitrogen and oxygen atoms in total. The SMILES string of the molecule is CN=C(NCCCSc1nccs1)NCCc1cc(F)ccc1F.I. The van der Waals surface area contributed by atoms with Gasteiger partial charge in [-0.05, 0) is 36.6 Å². The number of thiazole rings is 1. The smallest absolute Gasteiger partial charge is 0.190 e. The summed E-state index contributed by atoms with van der Waals surface area (Å²) < 4.78 is 27.7. The molecule has 1 aromatic carbocycles. The Labute approximate surface area is 171 Å². The van der Waals surface area contributed by atoms with Gasteiger partial charge in [0, 0.05) is 37.5 Å². The van der Waals surface area contributed by atoms with Gasteiger partial charge >= 0.3 is 0 Å². The summed E-state index contributed by atoms with van der Waals surface area (Å²) >= 11 is 3.38. The maximum atomic E-state index is 13.5. The first-order chi connectivity index (χ1) is 11.7. The van der Waals surface area contributed by atoms with Gasteiger partial charge in [-0.1, -0.05) is 11.8 Å². The van der Waals surface area contributed by atoms with E-state index in [9.17, 15) is 8.78 Å². The van der Waals surface area contributed by atoms with Crippen molar-refractivity contribution in [2.45, 2.75) is 17.2 Å². The Morgan fingerprint density at radius 3 is 2.80 bits per heavy atom. The van der Waals surface area contributed by atoms with Crippen LogP contribution in [0.15, 0.2) is 39.1 Å². The highest BCUT2D eigenvalue weighted by Gasteiger charge is 2.04. The van der Waals surface area contributed by atoms with Crippen molar-refractivity contribution >= 4 is 53.0 Å². The molecular weight excluding hydrogens is 477 g/mol. The summed E-state index contributed by atoms with van der Waals surface area (Å²) in [5, 5.41) is 8.27. The number of aromatic nitrogens is 1. The molecule has 1 aromatic heterocycles. The fraction of sp³-hybridized carbons (Fsp3) is 0.375. The molecule has 0 aliphatic heterocycles. The standard InChI is InChI=1S/C16H20F2N4S2.HI/c1-19-15(20-6-2-9-23-16-22-8-10-24-16)21-7-5-12-11-13(17)3-4-14(12)18;/h3-4,8,10-11H,2,5-7,9H2,1H3,(H2,19,20,21);1H. The zero-order valence-corrected chi connectivity index (χ0v) is 17.8. The van der Waals surface area contributed by atoms with E-state index >= 15 is 0 Å². The monoisotopic (exact) mass is 498 g/mol. The first-order valence-corrected chi connectivity index (χ1v) is 9.46. The highest BCUT2D eigenvalue weighted by atomic mass is 127. The largest absolute Gasteiger partial charge is 0.356 e. The first-order valence-electron chi connectivity index (χ1n) is 7.60. The van der Waals surface area contributed by atoms with Crippen molar-refractivity contribution in [3.05, 3.63) is 47.0 Å². The second-order valence-corrected chi connectivity index (χ2v) is 7.15. The van der Waals surface area contributed by atoms with Crippen LogP contribution in [-0.4, -0.2) is 36.8 Å². The van der Waals surface area contributed by atoms with Crippen LogP contribution < -0.4 is 10.6 Å². The van der Waals surface area contributed by atoms with Gasteiger partial charge in [-0.3, -0.25) is 4.99 Å². The van der Waals surface area contributed by atoms with Crippen molar-refractivity contribution in [2.24, 2.45) is 4.99 Å². The van der Waals surface area contributed by atoms with E-state index in [0.717, 1.165) is 35.2 Å². The van der Waals surface area contributed by atoms with E-state index in [4.69, 9.17) is 0 Å². The van der Waals surface area contributed by atoms with E-state index in [1.807, 2.05) is 5.38 Å². The second kappa shape index (κ2) is 12.4. The van der Waals surface area contributed by atoms with Crippen LogP contribution in [0.25, 0.3) is 0 Å².